The molecule has 0 aliphatic rings. The zero-order valence-electron chi connectivity index (χ0n) is 13.4. The summed E-state index contributed by atoms with van der Waals surface area (Å²) in [6, 6.07) is 8.28. The predicted molar refractivity (Wildman–Crippen MR) is 85.3 cm³/mol. The standard InChI is InChI=1S/C17H22N4/c1-6-21-14(5)17(13(4)20-21)12(3)19-16-9-7-8-11(2)15(16)10-18/h7-9,12,19H,6H2,1-5H3. The molecule has 21 heavy (non-hydrogen) atoms. The van der Waals surface area contributed by atoms with Gasteiger partial charge in [0.15, 0.2) is 0 Å². The van der Waals surface area contributed by atoms with Crippen LogP contribution in [0.4, 0.5) is 5.69 Å². The van der Waals surface area contributed by atoms with Gasteiger partial charge in [-0.15, -0.1) is 0 Å². The van der Waals surface area contributed by atoms with Crippen molar-refractivity contribution in [1.82, 2.24) is 9.78 Å². The molecule has 1 aromatic carbocycles. The molecule has 0 aliphatic heterocycles. The van der Waals surface area contributed by atoms with Gasteiger partial charge in [0.25, 0.3) is 0 Å². The highest BCUT2D eigenvalue weighted by Crippen LogP contribution is 2.27. The van der Waals surface area contributed by atoms with E-state index in [0.717, 1.165) is 23.5 Å². The minimum Gasteiger partial charge on any atom is -0.377 e. The number of aromatic nitrogens is 2. The lowest BCUT2D eigenvalue weighted by atomic mass is 10.0. The topological polar surface area (TPSA) is 53.6 Å². The van der Waals surface area contributed by atoms with Crippen molar-refractivity contribution >= 4 is 5.69 Å². The van der Waals surface area contributed by atoms with Crippen LogP contribution in [0.25, 0.3) is 0 Å². The average molecular weight is 282 g/mol. The summed E-state index contributed by atoms with van der Waals surface area (Å²) in [5.41, 5.74) is 6.02. The van der Waals surface area contributed by atoms with Crippen molar-refractivity contribution in [2.45, 2.75) is 47.2 Å². The summed E-state index contributed by atoms with van der Waals surface area (Å²) in [6.45, 7) is 11.2. The van der Waals surface area contributed by atoms with Gasteiger partial charge in [0.1, 0.15) is 6.07 Å². The molecule has 1 heterocycles. The number of nitriles is 1. The lowest BCUT2D eigenvalue weighted by Crippen LogP contribution is -2.10. The van der Waals surface area contributed by atoms with Gasteiger partial charge in [-0.05, 0) is 46.2 Å². The summed E-state index contributed by atoms with van der Waals surface area (Å²) in [6.07, 6.45) is 0. The number of rotatable bonds is 4. The molecule has 2 rings (SSSR count). The second kappa shape index (κ2) is 6.01. The van der Waals surface area contributed by atoms with E-state index in [4.69, 9.17) is 0 Å². The van der Waals surface area contributed by atoms with E-state index in [0.29, 0.717) is 5.56 Å². The number of nitrogens with one attached hydrogen (secondary N) is 1. The molecule has 0 fully saturated rings. The van der Waals surface area contributed by atoms with Crippen LogP contribution in [0.15, 0.2) is 18.2 Å². The van der Waals surface area contributed by atoms with E-state index in [1.54, 1.807) is 0 Å². The lowest BCUT2D eigenvalue weighted by molar-refractivity contribution is 0.632. The van der Waals surface area contributed by atoms with Crippen molar-refractivity contribution in [2.24, 2.45) is 0 Å². The predicted octanol–water partition coefficient (Wildman–Crippen LogP) is 3.87. The molecule has 0 saturated carbocycles. The van der Waals surface area contributed by atoms with Crippen LogP contribution in [-0.2, 0) is 6.54 Å². The van der Waals surface area contributed by atoms with Gasteiger partial charge in [0, 0.05) is 17.8 Å². The SMILES string of the molecule is CCn1nc(C)c(C(C)Nc2cccc(C)c2C#N)c1C. The van der Waals surface area contributed by atoms with Crippen LogP contribution in [-0.4, -0.2) is 9.78 Å². The highest BCUT2D eigenvalue weighted by atomic mass is 15.3. The van der Waals surface area contributed by atoms with E-state index in [-0.39, 0.29) is 6.04 Å². The van der Waals surface area contributed by atoms with E-state index in [9.17, 15) is 5.26 Å². The Hall–Kier alpha value is -2.28. The Bertz CT molecular complexity index is 692. The molecule has 1 N–H and O–H groups in total. The molecule has 1 aromatic heterocycles. The van der Waals surface area contributed by atoms with E-state index in [1.165, 1.54) is 11.3 Å². The van der Waals surface area contributed by atoms with E-state index < -0.39 is 0 Å². The molecule has 1 atom stereocenters. The summed E-state index contributed by atoms with van der Waals surface area (Å²) < 4.78 is 2.02. The van der Waals surface area contributed by atoms with Crippen molar-refractivity contribution in [3.63, 3.8) is 0 Å². The van der Waals surface area contributed by atoms with Crippen LogP contribution < -0.4 is 5.32 Å². The zero-order valence-corrected chi connectivity index (χ0v) is 13.4. The molecule has 4 heteroatoms. The molecule has 1 unspecified atom stereocenters. The van der Waals surface area contributed by atoms with Gasteiger partial charge in [0.2, 0.25) is 0 Å². The first kappa shape index (κ1) is 15.1. The van der Waals surface area contributed by atoms with Crippen molar-refractivity contribution in [1.29, 1.82) is 5.26 Å². The first-order valence-electron chi connectivity index (χ1n) is 7.29. The van der Waals surface area contributed by atoms with Gasteiger partial charge < -0.3 is 5.32 Å². The third kappa shape index (κ3) is 2.78. The monoisotopic (exact) mass is 282 g/mol. The Labute approximate surface area is 126 Å². The lowest BCUT2D eigenvalue weighted by Gasteiger charge is -2.18. The maximum atomic E-state index is 9.33. The maximum Gasteiger partial charge on any atom is 0.102 e. The molecule has 0 bridgehead atoms. The Morgan fingerprint density at radius 1 is 1.33 bits per heavy atom. The highest BCUT2D eigenvalue weighted by molar-refractivity contribution is 5.61. The Kier molecular flexibility index (Phi) is 4.32. The number of hydrogen-bond acceptors (Lipinski definition) is 3. The first-order chi connectivity index (χ1) is 9.99. The van der Waals surface area contributed by atoms with Crippen LogP contribution in [0, 0.1) is 32.1 Å². The Morgan fingerprint density at radius 3 is 2.62 bits per heavy atom. The average Bonchev–Trinajstić information content (AvgIpc) is 2.73. The third-order valence-electron chi connectivity index (χ3n) is 3.93. The molecule has 0 radical (unpaired) electrons. The van der Waals surface area contributed by atoms with Gasteiger partial charge in [-0.25, -0.2) is 0 Å². The summed E-state index contributed by atoms with van der Waals surface area (Å²) in [5.74, 6) is 0. The molecule has 0 spiro atoms. The van der Waals surface area contributed by atoms with Gasteiger partial charge in [-0.1, -0.05) is 12.1 Å². The van der Waals surface area contributed by atoms with Crippen LogP contribution in [0.5, 0.6) is 0 Å². The molecule has 110 valence electrons. The van der Waals surface area contributed by atoms with Crippen molar-refractivity contribution in [2.75, 3.05) is 5.32 Å². The largest absolute Gasteiger partial charge is 0.377 e. The van der Waals surface area contributed by atoms with Crippen LogP contribution in [0.3, 0.4) is 0 Å². The molecule has 0 amide bonds. The fourth-order valence-corrected chi connectivity index (χ4v) is 2.89. The summed E-state index contributed by atoms with van der Waals surface area (Å²) >= 11 is 0. The van der Waals surface area contributed by atoms with Gasteiger partial charge >= 0.3 is 0 Å². The summed E-state index contributed by atoms with van der Waals surface area (Å²) in [5, 5.41) is 17.4. The van der Waals surface area contributed by atoms with Gasteiger partial charge in [-0.2, -0.15) is 10.4 Å². The van der Waals surface area contributed by atoms with Crippen molar-refractivity contribution in [3.8, 4) is 6.07 Å². The summed E-state index contributed by atoms with van der Waals surface area (Å²) in [7, 11) is 0. The fraction of sp³-hybridized carbons (Fsp3) is 0.412. The molecular formula is C17H22N4. The fourth-order valence-electron chi connectivity index (χ4n) is 2.89. The Morgan fingerprint density at radius 2 is 2.05 bits per heavy atom. The van der Waals surface area contributed by atoms with E-state index >= 15 is 0 Å². The molecule has 2 aromatic rings. The maximum absolute atomic E-state index is 9.33. The van der Waals surface area contributed by atoms with Gasteiger partial charge in [0.05, 0.1) is 23.0 Å². The van der Waals surface area contributed by atoms with Crippen molar-refractivity contribution in [3.05, 3.63) is 46.3 Å². The molecule has 0 aliphatic carbocycles. The number of benzene rings is 1. The van der Waals surface area contributed by atoms with E-state index in [2.05, 4.69) is 37.3 Å². The smallest absolute Gasteiger partial charge is 0.102 e. The van der Waals surface area contributed by atoms with Crippen LogP contribution in [0.1, 0.15) is 48.0 Å². The number of aryl methyl sites for hydroxylation is 3. The van der Waals surface area contributed by atoms with Gasteiger partial charge in [-0.3, -0.25) is 4.68 Å². The number of anilines is 1. The van der Waals surface area contributed by atoms with Crippen molar-refractivity contribution < 1.29 is 0 Å². The third-order valence-corrected chi connectivity index (χ3v) is 3.93. The quantitative estimate of drug-likeness (QED) is 0.926. The zero-order chi connectivity index (χ0) is 15.6. The van der Waals surface area contributed by atoms with Crippen LogP contribution in [0.2, 0.25) is 0 Å². The van der Waals surface area contributed by atoms with E-state index in [1.807, 2.05) is 36.7 Å². The number of hydrogen-bond donors (Lipinski definition) is 1. The molecule has 4 nitrogen and oxygen atoms in total. The minimum absolute atomic E-state index is 0.110. The van der Waals surface area contributed by atoms with Crippen LogP contribution >= 0.6 is 0 Å². The highest BCUT2D eigenvalue weighted by Gasteiger charge is 2.18. The molecule has 0 saturated heterocycles. The minimum atomic E-state index is 0.110. The Balaban J connectivity index is 2.35. The second-order valence-corrected chi connectivity index (χ2v) is 5.38. The normalized spacial score (nSPS) is 12.0. The number of nitrogens with zero attached hydrogens (tertiary/aromatic N) is 3. The second-order valence-electron chi connectivity index (χ2n) is 5.38. The first-order valence-corrected chi connectivity index (χ1v) is 7.29. The summed E-state index contributed by atoms with van der Waals surface area (Å²) in [4.78, 5) is 0. The molecular weight excluding hydrogens is 260 g/mol.